The van der Waals surface area contributed by atoms with Gasteiger partial charge in [0, 0.05) is 25.2 Å². The summed E-state index contributed by atoms with van der Waals surface area (Å²) in [7, 11) is -3.88. The number of hydrogen-bond donors (Lipinski definition) is 0. The first kappa shape index (κ1) is 15.8. The summed E-state index contributed by atoms with van der Waals surface area (Å²) in [6.07, 6.45) is 3.95. The van der Waals surface area contributed by atoms with Gasteiger partial charge in [-0.3, -0.25) is 0 Å². The maximum Gasteiger partial charge on any atom is 0.245 e. The summed E-state index contributed by atoms with van der Waals surface area (Å²) in [5.74, 6) is -1.80. The van der Waals surface area contributed by atoms with E-state index in [1.54, 1.807) is 0 Å². The third-order valence-electron chi connectivity index (χ3n) is 4.59. The average molecular weight is 330 g/mol. The van der Waals surface area contributed by atoms with Gasteiger partial charge in [-0.15, -0.1) is 0 Å². The summed E-state index contributed by atoms with van der Waals surface area (Å²) in [5, 5.41) is 0. The molecule has 1 aromatic rings. The normalized spacial score (nSPS) is 22.3. The molecule has 0 aliphatic carbocycles. The summed E-state index contributed by atoms with van der Waals surface area (Å²) in [6.45, 7) is 2.95. The highest BCUT2D eigenvalue weighted by molar-refractivity contribution is 7.89. The van der Waals surface area contributed by atoms with Gasteiger partial charge in [0.15, 0.2) is 0 Å². The quantitative estimate of drug-likeness (QED) is 0.853. The molecule has 2 saturated heterocycles. The summed E-state index contributed by atoms with van der Waals surface area (Å²) in [4.78, 5) is 1.98. The van der Waals surface area contributed by atoms with Gasteiger partial charge in [-0.2, -0.15) is 4.31 Å². The van der Waals surface area contributed by atoms with E-state index in [4.69, 9.17) is 0 Å². The Labute approximate surface area is 129 Å². The predicted molar refractivity (Wildman–Crippen MR) is 78.9 cm³/mol. The van der Waals surface area contributed by atoms with E-state index in [0.29, 0.717) is 25.2 Å². The molecule has 2 fully saturated rings. The van der Waals surface area contributed by atoms with Crippen LogP contribution in [0, 0.1) is 11.6 Å². The van der Waals surface area contributed by atoms with Crippen LogP contribution in [0.3, 0.4) is 0 Å². The number of hydrogen-bond acceptors (Lipinski definition) is 3. The Kier molecular flexibility index (Phi) is 4.47. The lowest BCUT2D eigenvalue weighted by atomic mass is 10.1. The number of piperidine rings is 1. The molecule has 1 aromatic carbocycles. The van der Waals surface area contributed by atoms with Gasteiger partial charge in [-0.05, 0) is 50.9 Å². The molecule has 0 radical (unpaired) electrons. The molecule has 4 nitrogen and oxygen atoms in total. The Balaban J connectivity index is 1.71. The second kappa shape index (κ2) is 6.22. The van der Waals surface area contributed by atoms with Gasteiger partial charge in [0.05, 0.1) is 0 Å². The number of sulfonamides is 1. The molecular weight excluding hydrogens is 310 g/mol. The van der Waals surface area contributed by atoms with Crippen LogP contribution in [0.4, 0.5) is 8.78 Å². The molecule has 7 heteroatoms. The molecule has 2 aliphatic heterocycles. The summed E-state index contributed by atoms with van der Waals surface area (Å²) in [5.41, 5.74) is 0. The molecule has 0 amide bonds. The van der Waals surface area contributed by atoms with Gasteiger partial charge in [0.2, 0.25) is 10.0 Å². The zero-order valence-electron chi connectivity index (χ0n) is 12.3. The molecule has 22 heavy (non-hydrogen) atoms. The van der Waals surface area contributed by atoms with Crippen molar-refractivity contribution in [3.05, 3.63) is 29.8 Å². The molecule has 0 aromatic heterocycles. The topological polar surface area (TPSA) is 40.6 Å². The molecule has 2 heterocycles. The summed E-state index contributed by atoms with van der Waals surface area (Å²) < 4.78 is 53.0. The third-order valence-corrected chi connectivity index (χ3v) is 6.52. The van der Waals surface area contributed by atoms with Crippen molar-refractivity contribution in [2.75, 3.05) is 26.2 Å². The van der Waals surface area contributed by atoms with Gasteiger partial charge >= 0.3 is 0 Å². The van der Waals surface area contributed by atoms with Crippen LogP contribution in [-0.2, 0) is 10.0 Å². The maximum atomic E-state index is 13.8. The van der Waals surface area contributed by atoms with Crippen molar-refractivity contribution in [2.45, 2.75) is 36.6 Å². The lowest BCUT2D eigenvalue weighted by Crippen LogP contribution is -2.45. The molecule has 0 atom stereocenters. The van der Waals surface area contributed by atoms with E-state index in [9.17, 15) is 17.2 Å². The fraction of sp³-hybridized carbons (Fsp3) is 0.600. The third kappa shape index (κ3) is 3.02. The monoisotopic (exact) mass is 330 g/mol. The van der Waals surface area contributed by atoms with Crippen molar-refractivity contribution >= 4 is 10.0 Å². The summed E-state index contributed by atoms with van der Waals surface area (Å²) in [6, 6.07) is 3.02. The number of likely N-dealkylation sites (tertiary alicyclic amines) is 1. The van der Waals surface area contributed by atoms with Gasteiger partial charge < -0.3 is 4.90 Å². The molecule has 0 spiro atoms. The van der Waals surface area contributed by atoms with Crippen molar-refractivity contribution in [2.24, 2.45) is 0 Å². The molecule has 0 saturated carbocycles. The number of benzene rings is 1. The number of nitrogens with zero attached hydrogens (tertiary/aromatic N) is 2. The van der Waals surface area contributed by atoms with E-state index in [-0.39, 0.29) is 0 Å². The van der Waals surface area contributed by atoms with E-state index < -0.39 is 26.6 Å². The van der Waals surface area contributed by atoms with Gasteiger partial charge in [0.1, 0.15) is 16.5 Å². The van der Waals surface area contributed by atoms with Gasteiger partial charge in [-0.25, -0.2) is 17.2 Å². The predicted octanol–water partition coefficient (Wildman–Crippen LogP) is 2.21. The van der Waals surface area contributed by atoms with E-state index in [0.717, 1.165) is 38.1 Å². The van der Waals surface area contributed by atoms with Crippen molar-refractivity contribution < 1.29 is 17.2 Å². The highest BCUT2D eigenvalue weighted by atomic mass is 32.2. The molecule has 0 bridgehead atoms. The average Bonchev–Trinajstić information content (AvgIpc) is 3.01. The Bertz CT molecular complexity index is 637. The van der Waals surface area contributed by atoms with Crippen LogP contribution in [0.2, 0.25) is 0 Å². The van der Waals surface area contributed by atoms with Crippen LogP contribution < -0.4 is 0 Å². The maximum absolute atomic E-state index is 13.8. The van der Waals surface area contributed by atoms with Crippen LogP contribution >= 0.6 is 0 Å². The minimum absolute atomic E-state index is 0.389. The molecule has 3 rings (SSSR count). The second-order valence-corrected chi connectivity index (χ2v) is 7.86. The van der Waals surface area contributed by atoms with Crippen LogP contribution in [0.25, 0.3) is 0 Å². The largest absolute Gasteiger partial charge is 0.300 e. The molecular formula is C15H20F2N2O2S. The first-order valence-electron chi connectivity index (χ1n) is 7.68. The Morgan fingerprint density at radius 1 is 1.00 bits per heavy atom. The number of rotatable bonds is 3. The van der Waals surface area contributed by atoms with Crippen LogP contribution in [-0.4, -0.2) is 49.8 Å². The molecule has 122 valence electrons. The minimum Gasteiger partial charge on any atom is -0.300 e. The Morgan fingerprint density at radius 3 is 2.23 bits per heavy atom. The van der Waals surface area contributed by atoms with Crippen molar-refractivity contribution in [3.63, 3.8) is 0 Å². The SMILES string of the molecule is O=S(=O)(c1ccc(F)cc1F)N1CCC(N2CCCC2)CC1. The molecule has 2 aliphatic rings. The zero-order chi connectivity index (χ0) is 15.7. The van der Waals surface area contributed by atoms with E-state index in [1.165, 1.54) is 17.1 Å². The molecule has 0 unspecified atom stereocenters. The fourth-order valence-electron chi connectivity index (χ4n) is 3.38. The van der Waals surface area contributed by atoms with Crippen molar-refractivity contribution in [1.29, 1.82) is 0 Å². The Hall–Kier alpha value is -1.05. The Morgan fingerprint density at radius 2 is 1.64 bits per heavy atom. The lowest BCUT2D eigenvalue weighted by Gasteiger charge is -2.36. The smallest absolute Gasteiger partial charge is 0.245 e. The van der Waals surface area contributed by atoms with E-state index in [2.05, 4.69) is 4.90 Å². The zero-order valence-corrected chi connectivity index (χ0v) is 13.2. The first-order valence-corrected chi connectivity index (χ1v) is 9.12. The highest BCUT2D eigenvalue weighted by Crippen LogP contribution is 2.26. The van der Waals surface area contributed by atoms with E-state index >= 15 is 0 Å². The fourth-order valence-corrected chi connectivity index (χ4v) is 4.89. The van der Waals surface area contributed by atoms with Crippen molar-refractivity contribution in [1.82, 2.24) is 9.21 Å². The summed E-state index contributed by atoms with van der Waals surface area (Å²) >= 11 is 0. The standard InChI is InChI=1S/C15H20F2N2O2S/c16-12-3-4-15(14(17)11-12)22(20,21)19-9-5-13(6-10-19)18-7-1-2-8-18/h3-4,11,13H,1-2,5-10H2. The van der Waals surface area contributed by atoms with Crippen LogP contribution in [0.5, 0.6) is 0 Å². The van der Waals surface area contributed by atoms with Gasteiger partial charge in [-0.1, -0.05) is 0 Å². The minimum atomic E-state index is -3.88. The van der Waals surface area contributed by atoms with Gasteiger partial charge in [0.25, 0.3) is 0 Å². The first-order chi connectivity index (χ1) is 10.5. The lowest BCUT2D eigenvalue weighted by molar-refractivity contribution is 0.167. The molecule has 0 N–H and O–H groups in total. The number of halogens is 2. The van der Waals surface area contributed by atoms with Crippen molar-refractivity contribution in [3.8, 4) is 0 Å². The van der Waals surface area contributed by atoms with E-state index in [1.807, 2.05) is 0 Å². The van der Waals surface area contributed by atoms with Crippen LogP contribution in [0.15, 0.2) is 23.1 Å². The second-order valence-electron chi connectivity index (χ2n) is 5.95. The highest BCUT2D eigenvalue weighted by Gasteiger charge is 2.33. The van der Waals surface area contributed by atoms with Crippen LogP contribution in [0.1, 0.15) is 25.7 Å².